The molecule has 1 radical (unpaired) electrons. The number of hydrogen-bond donors (Lipinski definition) is 1. The summed E-state index contributed by atoms with van der Waals surface area (Å²) in [6.45, 7) is 3.29. The average Bonchev–Trinajstić information content (AvgIpc) is 2.76. The van der Waals surface area contributed by atoms with Crippen molar-refractivity contribution in [1.82, 2.24) is 9.97 Å². The van der Waals surface area contributed by atoms with E-state index >= 15 is 0 Å². The maximum absolute atomic E-state index is 4.30. The van der Waals surface area contributed by atoms with Crippen LogP contribution in [0.4, 0.5) is 5.69 Å². The number of aromatic nitrogens is 2. The topological polar surface area (TPSA) is 31.9 Å². The Bertz CT molecular complexity index is 494. The first-order chi connectivity index (χ1) is 7.84. The molecule has 1 aliphatic heterocycles. The molecule has 0 saturated carbocycles. The van der Waals surface area contributed by atoms with Gasteiger partial charge in [-0.15, -0.1) is 0 Å². The van der Waals surface area contributed by atoms with Crippen LogP contribution < -0.4 is 4.90 Å². The summed E-state index contributed by atoms with van der Waals surface area (Å²) in [7, 11) is 0. The van der Waals surface area contributed by atoms with Crippen LogP contribution in [0, 0.1) is 5.75 Å². The van der Waals surface area contributed by atoms with Gasteiger partial charge in [0.25, 0.3) is 0 Å². The Morgan fingerprint density at radius 2 is 2.44 bits per heavy atom. The zero-order valence-corrected chi connectivity index (χ0v) is 10.00. The minimum absolute atomic E-state index is 0.589. The van der Waals surface area contributed by atoms with E-state index in [4.69, 9.17) is 0 Å². The van der Waals surface area contributed by atoms with Gasteiger partial charge in [-0.1, -0.05) is 0 Å². The third-order valence-electron chi connectivity index (χ3n) is 3.00. The van der Waals surface area contributed by atoms with Gasteiger partial charge in [0.05, 0.1) is 17.4 Å². The molecule has 1 saturated heterocycles. The molecular formula is C12H14N3S. The lowest BCUT2D eigenvalue weighted by molar-refractivity contribution is 0.717. The Morgan fingerprint density at radius 3 is 3.31 bits per heavy atom. The number of nitrogens with zero attached hydrogens (tertiary/aromatic N) is 2. The van der Waals surface area contributed by atoms with Crippen LogP contribution in [0.3, 0.4) is 0 Å². The molecule has 0 amide bonds. The summed E-state index contributed by atoms with van der Waals surface area (Å²) in [5.41, 5.74) is 3.42. The van der Waals surface area contributed by atoms with E-state index in [9.17, 15) is 0 Å². The van der Waals surface area contributed by atoms with Gasteiger partial charge in [0, 0.05) is 29.8 Å². The zero-order chi connectivity index (χ0) is 11.0. The van der Waals surface area contributed by atoms with Crippen molar-refractivity contribution < 1.29 is 0 Å². The van der Waals surface area contributed by atoms with Gasteiger partial charge in [-0.05, 0) is 25.1 Å². The predicted molar refractivity (Wildman–Crippen MR) is 69.7 cm³/mol. The number of thioether (sulfide) groups is 1. The normalized spacial score (nSPS) is 21.6. The molecule has 2 heterocycles. The fourth-order valence-electron chi connectivity index (χ4n) is 2.07. The number of fused-ring (bicyclic) bond motifs is 1. The summed E-state index contributed by atoms with van der Waals surface area (Å²) in [5, 5.41) is 0. The van der Waals surface area contributed by atoms with Gasteiger partial charge in [-0.2, -0.15) is 11.8 Å². The maximum atomic E-state index is 4.30. The minimum atomic E-state index is 0.589. The maximum Gasteiger partial charge on any atom is 0.0931 e. The smallest absolute Gasteiger partial charge is 0.0931 e. The first kappa shape index (κ1) is 10.0. The molecule has 1 aliphatic rings. The van der Waals surface area contributed by atoms with Gasteiger partial charge in [0.15, 0.2) is 0 Å². The number of aromatic amines is 1. The predicted octanol–water partition coefficient (Wildman–Crippen LogP) is 2.67. The van der Waals surface area contributed by atoms with Gasteiger partial charge in [0.2, 0.25) is 0 Å². The quantitative estimate of drug-likeness (QED) is 0.820. The Labute approximate surface area is 99.2 Å². The summed E-state index contributed by atoms with van der Waals surface area (Å²) in [4.78, 5) is 9.84. The molecular weight excluding hydrogens is 218 g/mol. The van der Waals surface area contributed by atoms with Gasteiger partial charge >= 0.3 is 0 Å². The van der Waals surface area contributed by atoms with E-state index in [-0.39, 0.29) is 0 Å². The molecule has 0 bridgehead atoms. The number of benzene rings is 1. The summed E-state index contributed by atoms with van der Waals surface area (Å²) < 4.78 is 0. The van der Waals surface area contributed by atoms with Crippen molar-refractivity contribution in [1.29, 1.82) is 0 Å². The van der Waals surface area contributed by atoms with Crippen molar-refractivity contribution in [2.75, 3.05) is 17.2 Å². The van der Waals surface area contributed by atoms with Crippen LogP contribution in [0.15, 0.2) is 24.5 Å². The van der Waals surface area contributed by atoms with Crippen molar-refractivity contribution in [2.24, 2.45) is 0 Å². The Kier molecular flexibility index (Phi) is 2.52. The molecule has 4 heteroatoms. The molecule has 0 aliphatic carbocycles. The van der Waals surface area contributed by atoms with Crippen LogP contribution in [0.1, 0.15) is 6.92 Å². The molecule has 1 fully saturated rings. The van der Waals surface area contributed by atoms with Crippen LogP contribution >= 0.6 is 11.8 Å². The summed E-state index contributed by atoms with van der Waals surface area (Å²) in [5.74, 6) is 3.44. The first-order valence-corrected chi connectivity index (χ1v) is 6.52. The first-order valence-electron chi connectivity index (χ1n) is 5.47. The van der Waals surface area contributed by atoms with Crippen molar-refractivity contribution in [3.63, 3.8) is 0 Å². The van der Waals surface area contributed by atoms with Crippen molar-refractivity contribution in [2.45, 2.75) is 13.0 Å². The molecule has 1 aromatic heterocycles. The summed E-state index contributed by atoms with van der Waals surface area (Å²) >= 11 is 1.92. The van der Waals surface area contributed by atoms with E-state index < -0.39 is 0 Å². The molecule has 3 rings (SSSR count). The van der Waals surface area contributed by atoms with Crippen LogP contribution in [0.5, 0.6) is 0 Å². The number of rotatable bonds is 1. The van der Waals surface area contributed by atoms with Gasteiger partial charge in [0.1, 0.15) is 0 Å². The van der Waals surface area contributed by atoms with E-state index in [0.717, 1.165) is 17.6 Å². The highest BCUT2D eigenvalue weighted by molar-refractivity contribution is 8.01. The second kappa shape index (κ2) is 4.01. The van der Waals surface area contributed by atoms with Crippen LogP contribution in [-0.4, -0.2) is 28.3 Å². The van der Waals surface area contributed by atoms with E-state index in [0.29, 0.717) is 6.04 Å². The largest absolute Gasteiger partial charge is 0.367 e. The standard InChI is InChI=1S/C12H14N3S/c1-9-7-16-5-4-15(9)10-2-3-11-12(6-10)14-8-13-11/h2-3,5-6,8-9H,4,7H2,1H3,(H,13,14). The van der Waals surface area contributed by atoms with Crippen LogP contribution in [0.2, 0.25) is 0 Å². The van der Waals surface area contributed by atoms with E-state index in [1.165, 1.54) is 11.4 Å². The zero-order valence-electron chi connectivity index (χ0n) is 9.18. The van der Waals surface area contributed by atoms with E-state index in [1.807, 2.05) is 11.8 Å². The molecule has 1 aromatic carbocycles. The summed E-state index contributed by atoms with van der Waals surface area (Å²) in [6, 6.07) is 7.02. The lowest BCUT2D eigenvalue weighted by Crippen LogP contribution is -2.38. The third-order valence-corrected chi connectivity index (χ3v) is 4.05. The Morgan fingerprint density at radius 1 is 1.50 bits per heavy atom. The average molecular weight is 232 g/mol. The molecule has 0 spiro atoms. The Hall–Kier alpha value is -1.16. The molecule has 16 heavy (non-hydrogen) atoms. The van der Waals surface area contributed by atoms with Crippen molar-refractivity contribution >= 4 is 28.5 Å². The molecule has 1 N–H and O–H groups in total. The highest BCUT2D eigenvalue weighted by Crippen LogP contribution is 2.27. The molecule has 1 unspecified atom stereocenters. The SMILES string of the molecule is CC1CS[CH]CN1c1ccc2[nH]cnc2c1. The van der Waals surface area contributed by atoms with Crippen molar-refractivity contribution in [3.8, 4) is 0 Å². The fourth-order valence-corrected chi connectivity index (χ4v) is 2.93. The fraction of sp³-hybridized carbons (Fsp3) is 0.333. The number of H-pyrrole nitrogens is 1. The minimum Gasteiger partial charge on any atom is -0.367 e. The second-order valence-corrected chi connectivity index (χ2v) is 5.11. The molecule has 3 nitrogen and oxygen atoms in total. The lowest BCUT2D eigenvalue weighted by atomic mass is 10.2. The monoisotopic (exact) mass is 232 g/mol. The summed E-state index contributed by atoms with van der Waals surface area (Å²) in [6.07, 6.45) is 1.75. The van der Waals surface area contributed by atoms with E-state index in [1.54, 1.807) is 6.33 Å². The highest BCUT2D eigenvalue weighted by Gasteiger charge is 2.19. The third kappa shape index (κ3) is 1.67. The number of anilines is 1. The Balaban J connectivity index is 1.97. The van der Waals surface area contributed by atoms with Gasteiger partial charge in [-0.3, -0.25) is 0 Å². The van der Waals surface area contributed by atoms with Crippen molar-refractivity contribution in [3.05, 3.63) is 30.3 Å². The van der Waals surface area contributed by atoms with Gasteiger partial charge in [-0.25, -0.2) is 4.98 Å². The second-order valence-electron chi connectivity index (χ2n) is 4.11. The number of nitrogens with one attached hydrogen (secondary N) is 1. The number of hydrogen-bond acceptors (Lipinski definition) is 3. The van der Waals surface area contributed by atoms with Gasteiger partial charge < -0.3 is 9.88 Å². The van der Waals surface area contributed by atoms with E-state index in [2.05, 4.69) is 45.7 Å². The van der Waals surface area contributed by atoms with Crippen LogP contribution in [-0.2, 0) is 0 Å². The number of imidazole rings is 1. The molecule has 2 aromatic rings. The molecule has 83 valence electrons. The highest BCUT2D eigenvalue weighted by atomic mass is 32.2. The molecule has 1 atom stereocenters. The lowest BCUT2D eigenvalue weighted by Gasteiger charge is -2.34. The van der Waals surface area contributed by atoms with Crippen LogP contribution in [0.25, 0.3) is 11.0 Å².